The number of anilines is 2. The predicted octanol–water partition coefficient (Wildman–Crippen LogP) is 4.37. The van der Waals surface area contributed by atoms with Gasteiger partial charge in [0.2, 0.25) is 5.91 Å². The van der Waals surface area contributed by atoms with Gasteiger partial charge in [0.25, 0.3) is 0 Å². The fourth-order valence-electron chi connectivity index (χ4n) is 3.48. The highest BCUT2D eigenvalue weighted by atomic mass is 19.4. The van der Waals surface area contributed by atoms with E-state index in [0.717, 1.165) is 30.9 Å². The van der Waals surface area contributed by atoms with Gasteiger partial charge in [-0.05, 0) is 42.2 Å². The third-order valence-corrected chi connectivity index (χ3v) is 5.19. The van der Waals surface area contributed by atoms with E-state index in [-0.39, 0.29) is 12.5 Å². The van der Waals surface area contributed by atoms with Crippen LogP contribution in [0, 0.1) is 0 Å². The van der Waals surface area contributed by atoms with E-state index in [0.29, 0.717) is 31.4 Å². The third-order valence-electron chi connectivity index (χ3n) is 5.19. The van der Waals surface area contributed by atoms with Gasteiger partial charge in [-0.1, -0.05) is 26.0 Å². The first-order chi connectivity index (χ1) is 14.2. The van der Waals surface area contributed by atoms with Crippen LogP contribution < -0.4 is 10.2 Å². The van der Waals surface area contributed by atoms with Crippen molar-refractivity contribution in [1.29, 1.82) is 0 Å². The van der Waals surface area contributed by atoms with Gasteiger partial charge in [0.15, 0.2) is 0 Å². The molecule has 0 spiro atoms. The van der Waals surface area contributed by atoms with Gasteiger partial charge in [-0.3, -0.25) is 9.69 Å². The molecule has 3 rings (SSSR count). The highest BCUT2D eigenvalue weighted by Gasteiger charge is 2.31. The number of alkyl halides is 3. The summed E-state index contributed by atoms with van der Waals surface area (Å²) in [5, 5.41) is 2.96. The average molecular weight is 420 g/mol. The number of carbonyl (C=O) groups is 1. The van der Waals surface area contributed by atoms with Crippen molar-refractivity contribution in [3.63, 3.8) is 0 Å². The first-order valence-electron chi connectivity index (χ1n) is 10.1. The summed E-state index contributed by atoms with van der Waals surface area (Å²) in [7, 11) is 0. The Hall–Kier alpha value is -2.61. The molecule has 1 amide bonds. The average Bonchev–Trinajstić information content (AvgIpc) is 2.93. The highest BCUT2D eigenvalue weighted by Crippen LogP contribution is 2.29. The molecule has 8 heteroatoms. The first-order valence-corrected chi connectivity index (χ1v) is 10.1. The molecule has 162 valence electrons. The number of pyridine rings is 1. The molecule has 1 aliphatic rings. The fraction of sp³-hybridized carbons (Fsp3) is 0.455. The van der Waals surface area contributed by atoms with Crippen molar-refractivity contribution < 1.29 is 18.0 Å². The van der Waals surface area contributed by atoms with E-state index in [1.165, 1.54) is 11.6 Å². The van der Waals surface area contributed by atoms with Crippen LogP contribution >= 0.6 is 0 Å². The van der Waals surface area contributed by atoms with E-state index in [9.17, 15) is 18.0 Å². The Labute approximate surface area is 174 Å². The van der Waals surface area contributed by atoms with Crippen molar-refractivity contribution in [2.45, 2.75) is 32.4 Å². The van der Waals surface area contributed by atoms with Gasteiger partial charge in [-0.15, -0.1) is 0 Å². The van der Waals surface area contributed by atoms with Crippen LogP contribution in [0.1, 0.15) is 37.3 Å². The monoisotopic (exact) mass is 420 g/mol. The number of hydrogen-bond acceptors (Lipinski definition) is 4. The summed E-state index contributed by atoms with van der Waals surface area (Å²) in [4.78, 5) is 20.5. The molecule has 0 aliphatic carbocycles. The van der Waals surface area contributed by atoms with Crippen molar-refractivity contribution in [2.24, 2.45) is 0 Å². The van der Waals surface area contributed by atoms with Crippen LogP contribution in [0.2, 0.25) is 0 Å². The van der Waals surface area contributed by atoms with Gasteiger partial charge in [0.1, 0.15) is 5.82 Å². The molecule has 0 atom stereocenters. The van der Waals surface area contributed by atoms with Crippen molar-refractivity contribution in [3.8, 4) is 0 Å². The Balaban J connectivity index is 1.54. The molecule has 0 unspecified atom stereocenters. The quantitative estimate of drug-likeness (QED) is 0.780. The Morgan fingerprint density at radius 3 is 2.60 bits per heavy atom. The summed E-state index contributed by atoms with van der Waals surface area (Å²) < 4.78 is 38.2. The van der Waals surface area contributed by atoms with Crippen LogP contribution in [0.3, 0.4) is 0 Å². The molecule has 1 saturated heterocycles. The van der Waals surface area contributed by atoms with Gasteiger partial charge in [-0.25, -0.2) is 4.98 Å². The number of benzene rings is 1. The number of nitrogens with zero attached hydrogens (tertiary/aromatic N) is 3. The molecule has 5 nitrogen and oxygen atoms in total. The Kier molecular flexibility index (Phi) is 6.97. The number of halogens is 3. The molecule has 2 heterocycles. The Morgan fingerprint density at radius 2 is 1.93 bits per heavy atom. The van der Waals surface area contributed by atoms with Gasteiger partial charge >= 0.3 is 6.18 Å². The molecule has 1 aliphatic heterocycles. The van der Waals surface area contributed by atoms with Crippen LogP contribution in [0.15, 0.2) is 42.6 Å². The first kappa shape index (κ1) is 22.1. The van der Waals surface area contributed by atoms with Crippen molar-refractivity contribution in [2.75, 3.05) is 42.9 Å². The summed E-state index contributed by atoms with van der Waals surface area (Å²) in [6.45, 7) is 7.17. The summed E-state index contributed by atoms with van der Waals surface area (Å²) in [5.41, 5.74) is 1.21. The molecule has 0 saturated carbocycles. The van der Waals surface area contributed by atoms with E-state index in [1.807, 2.05) is 29.2 Å². The lowest BCUT2D eigenvalue weighted by Crippen LogP contribution is -2.36. The minimum absolute atomic E-state index is 0.0722. The maximum absolute atomic E-state index is 12.7. The van der Waals surface area contributed by atoms with E-state index in [4.69, 9.17) is 0 Å². The van der Waals surface area contributed by atoms with Crippen LogP contribution in [0.5, 0.6) is 0 Å². The van der Waals surface area contributed by atoms with Crippen LogP contribution in [-0.2, 0) is 11.0 Å². The molecule has 1 aromatic heterocycles. The largest absolute Gasteiger partial charge is 0.417 e. The topological polar surface area (TPSA) is 48.5 Å². The SMILES string of the molecule is CC(C)c1cccc(NC(=O)CN2CCCN(c3ccc(C(F)(F)F)cn3)CC2)c1. The molecule has 1 fully saturated rings. The second-order valence-corrected chi connectivity index (χ2v) is 7.85. The van der Waals surface area contributed by atoms with Crippen LogP contribution in [-0.4, -0.2) is 48.5 Å². The van der Waals surface area contributed by atoms with Gasteiger partial charge in [-0.2, -0.15) is 13.2 Å². The van der Waals surface area contributed by atoms with E-state index in [1.54, 1.807) is 0 Å². The third kappa shape index (κ3) is 5.95. The van der Waals surface area contributed by atoms with Crippen LogP contribution in [0.25, 0.3) is 0 Å². The molecular formula is C22H27F3N4O. The number of rotatable bonds is 5. The smallest absolute Gasteiger partial charge is 0.355 e. The second kappa shape index (κ2) is 9.47. The number of carbonyl (C=O) groups excluding carboxylic acids is 1. The second-order valence-electron chi connectivity index (χ2n) is 7.85. The number of aromatic nitrogens is 1. The number of nitrogens with one attached hydrogen (secondary N) is 1. The lowest BCUT2D eigenvalue weighted by Gasteiger charge is -2.23. The number of amides is 1. The van der Waals surface area contributed by atoms with Crippen molar-refractivity contribution >= 4 is 17.4 Å². The maximum Gasteiger partial charge on any atom is 0.417 e. The molecule has 1 aromatic carbocycles. The highest BCUT2D eigenvalue weighted by molar-refractivity contribution is 5.92. The van der Waals surface area contributed by atoms with E-state index >= 15 is 0 Å². The zero-order chi connectivity index (χ0) is 21.7. The summed E-state index contributed by atoms with van der Waals surface area (Å²) in [5.74, 6) is 0.842. The minimum Gasteiger partial charge on any atom is -0.355 e. The predicted molar refractivity (Wildman–Crippen MR) is 112 cm³/mol. The number of hydrogen-bond donors (Lipinski definition) is 1. The lowest BCUT2D eigenvalue weighted by molar-refractivity contribution is -0.137. The van der Waals surface area contributed by atoms with Crippen LogP contribution in [0.4, 0.5) is 24.7 Å². The summed E-state index contributed by atoms with van der Waals surface area (Å²) >= 11 is 0. The zero-order valence-electron chi connectivity index (χ0n) is 17.2. The molecular weight excluding hydrogens is 393 g/mol. The summed E-state index contributed by atoms with van der Waals surface area (Å²) in [6, 6.07) is 10.3. The van der Waals surface area contributed by atoms with Gasteiger partial charge < -0.3 is 10.2 Å². The Morgan fingerprint density at radius 1 is 1.13 bits per heavy atom. The molecule has 0 bridgehead atoms. The molecule has 0 radical (unpaired) electrons. The molecule has 1 N–H and O–H groups in total. The summed E-state index contributed by atoms with van der Waals surface area (Å²) in [6.07, 6.45) is -2.71. The van der Waals surface area contributed by atoms with Crippen molar-refractivity contribution in [1.82, 2.24) is 9.88 Å². The van der Waals surface area contributed by atoms with Crippen molar-refractivity contribution in [3.05, 3.63) is 53.7 Å². The fourth-order valence-corrected chi connectivity index (χ4v) is 3.48. The van der Waals surface area contributed by atoms with Gasteiger partial charge in [0.05, 0.1) is 12.1 Å². The zero-order valence-corrected chi connectivity index (χ0v) is 17.2. The van der Waals surface area contributed by atoms with Gasteiger partial charge in [0, 0.05) is 38.1 Å². The maximum atomic E-state index is 12.7. The normalized spacial score (nSPS) is 15.9. The molecule has 2 aromatic rings. The lowest BCUT2D eigenvalue weighted by atomic mass is 10.0. The van der Waals surface area contributed by atoms with E-state index in [2.05, 4.69) is 29.0 Å². The Bertz CT molecular complexity index is 852. The standard InChI is InChI=1S/C22H27F3N4O/c1-16(2)17-5-3-6-19(13-17)27-21(30)15-28-9-4-10-29(12-11-28)20-8-7-18(14-26-20)22(23,24)25/h3,5-8,13-14,16H,4,9-12,15H2,1-2H3,(H,27,30). The molecule has 30 heavy (non-hydrogen) atoms. The van der Waals surface area contributed by atoms with E-state index < -0.39 is 11.7 Å². The minimum atomic E-state index is -4.39.